The highest BCUT2D eigenvalue weighted by atomic mass is 32.2. The second-order valence-electron chi connectivity index (χ2n) is 6.50. The number of thioether (sulfide) groups is 1. The molecule has 1 aromatic carbocycles. The summed E-state index contributed by atoms with van der Waals surface area (Å²) in [6.07, 6.45) is 0.106. The molecule has 1 aliphatic rings. The monoisotopic (exact) mass is 336 g/mol. The summed E-state index contributed by atoms with van der Waals surface area (Å²) in [5, 5.41) is 3.00. The van der Waals surface area contributed by atoms with E-state index in [0.29, 0.717) is 18.2 Å². The maximum absolute atomic E-state index is 12.0. The normalized spacial score (nSPS) is 19.0. The first-order valence-corrected chi connectivity index (χ1v) is 9.32. The number of carbonyl (C=O) groups is 1. The minimum absolute atomic E-state index is 0.0721. The first kappa shape index (κ1) is 18.3. The molecule has 1 N–H and O–H groups in total. The number of amides is 1. The standard InChI is InChI=1S/C18H28N2O2S/c1-14(2)11-20-8-9-22-16(12-20)10-19-18(21)13-23-17-7-5-4-6-15(17)3/h4-7,14,16H,8-13H2,1-3H3,(H,19,21). The van der Waals surface area contributed by atoms with Gasteiger partial charge in [-0.1, -0.05) is 32.0 Å². The van der Waals surface area contributed by atoms with E-state index in [2.05, 4.69) is 43.1 Å². The number of carbonyl (C=O) groups excluding carboxylic acids is 1. The van der Waals surface area contributed by atoms with Crippen molar-refractivity contribution in [2.75, 3.05) is 38.5 Å². The van der Waals surface area contributed by atoms with Gasteiger partial charge in [-0.3, -0.25) is 9.69 Å². The molecule has 1 heterocycles. The van der Waals surface area contributed by atoms with Crippen molar-refractivity contribution in [3.8, 4) is 0 Å². The van der Waals surface area contributed by atoms with Gasteiger partial charge in [-0.2, -0.15) is 0 Å². The molecule has 1 aliphatic heterocycles. The molecule has 4 nitrogen and oxygen atoms in total. The molecule has 0 bridgehead atoms. The number of ether oxygens (including phenoxy) is 1. The maximum Gasteiger partial charge on any atom is 0.230 e. The van der Waals surface area contributed by atoms with Gasteiger partial charge in [-0.05, 0) is 24.5 Å². The summed E-state index contributed by atoms with van der Waals surface area (Å²) in [6.45, 7) is 10.9. The smallest absolute Gasteiger partial charge is 0.230 e. The molecule has 23 heavy (non-hydrogen) atoms. The Kier molecular flexibility index (Phi) is 7.40. The Balaban J connectivity index is 1.69. The third-order valence-electron chi connectivity index (χ3n) is 3.83. The highest BCUT2D eigenvalue weighted by molar-refractivity contribution is 8.00. The zero-order chi connectivity index (χ0) is 16.7. The molecule has 0 aliphatic carbocycles. The first-order chi connectivity index (χ1) is 11.0. The lowest BCUT2D eigenvalue weighted by Crippen LogP contribution is -2.48. The van der Waals surface area contributed by atoms with Crippen molar-refractivity contribution in [1.82, 2.24) is 10.2 Å². The van der Waals surface area contributed by atoms with Crippen LogP contribution in [0.2, 0.25) is 0 Å². The van der Waals surface area contributed by atoms with E-state index in [0.717, 1.165) is 26.2 Å². The first-order valence-electron chi connectivity index (χ1n) is 8.33. The molecule has 0 radical (unpaired) electrons. The Hall–Kier alpha value is -1.04. The molecule has 1 amide bonds. The molecule has 1 aromatic rings. The molecular formula is C18H28N2O2S. The average molecular weight is 337 g/mol. The van der Waals surface area contributed by atoms with Crippen LogP contribution in [-0.4, -0.2) is 55.4 Å². The van der Waals surface area contributed by atoms with Crippen molar-refractivity contribution in [2.24, 2.45) is 5.92 Å². The number of aryl methyl sites for hydroxylation is 1. The van der Waals surface area contributed by atoms with E-state index < -0.39 is 0 Å². The van der Waals surface area contributed by atoms with Crippen LogP contribution in [0.15, 0.2) is 29.2 Å². The number of morpholine rings is 1. The molecule has 128 valence electrons. The van der Waals surface area contributed by atoms with E-state index in [1.165, 1.54) is 10.5 Å². The Morgan fingerprint density at radius 2 is 2.22 bits per heavy atom. The zero-order valence-corrected chi connectivity index (χ0v) is 15.2. The molecule has 1 saturated heterocycles. The van der Waals surface area contributed by atoms with E-state index in [1.54, 1.807) is 11.8 Å². The molecule has 1 fully saturated rings. The summed E-state index contributed by atoms with van der Waals surface area (Å²) in [4.78, 5) is 15.6. The lowest BCUT2D eigenvalue weighted by molar-refractivity contribution is -0.119. The minimum atomic E-state index is 0.0721. The molecular weight excluding hydrogens is 308 g/mol. The Morgan fingerprint density at radius 3 is 2.96 bits per heavy atom. The Labute approximate surface area is 144 Å². The van der Waals surface area contributed by atoms with Gasteiger partial charge in [0.05, 0.1) is 18.5 Å². The quantitative estimate of drug-likeness (QED) is 0.777. The highest BCUT2D eigenvalue weighted by Gasteiger charge is 2.21. The van der Waals surface area contributed by atoms with Crippen molar-refractivity contribution < 1.29 is 9.53 Å². The third kappa shape index (κ3) is 6.53. The predicted octanol–water partition coefficient (Wildman–Crippen LogP) is 2.56. The van der Waals surface area contributed by atoms with Crippen LogP contribution >= 0.6 is 11.8 Å². The summed E-state index contributed by atoms with van der Waals surface area (Å²) < 4.78 is 5.76. The fourth-order valence-corrected chi connectivity index (χ4v) is 3.59. The van der Waals surface area contributed by atoms with Crippen LogP contribution in [0, 0.1) is 12.8 Å². The van der Waals surface area contributed by atoms with Gasteiger partial charge in [0, 0.05) is 31.1 Å². The molecule has 0 aromatic heterocycles. The second kappa shape index (κ2) is 9.30. The van der Waals surface area contributed by atoms with Crippen molar-refractivity contribution in [3.05, 3.63) is 29.8 Å². The van der Waals surface area contributed by atoms with Gasteiger partial charge in [-0.15, -0.1) is 11.8 Å². The van der Waals surface area contributed by atoms with Gasteiger partial charge in [0.1, 0.15) is 0 Å². The number of nitrogens with zero attached hydrogens (tertiary/aromatic N) is 1. The van der Waals surface area contributed by atoms with Gasteiger partial charge in [0.2, 0.25) is 5.91 Å². The zero-order valence-electron chi connectivity index (χ0n) is 14.4. The molecule has 0 spiro atoms. The number of rotatable bonds is 7. The molecule has 1 atom stereocenters. The molecule has 5 heteroatoms. The summed E-state index contributed by atoms with van der Waals surface area (Å²) in [7, 11) is 0. The lowest BCUT2D eigenvalue weighted by Gasteiger charge is -2.33. The SMILES string of the molecule is Cc1ccccc1SCC(=O)NCC1CN(CC(C)C)CCO1. The van der Waals surface area contributed by atoms with E-state index in [1.807, 2.05) is 12.1 Å². The van der Waals surface area contributed by atoms with Crippen LogP contribution in [-0.2, 0) is 9.53 Å². The molecule has 2 rings (SSSR count). The van der Waals surface area contributed by atoms with Crippen LogP contribution in [0.5, 0.6) is 0 Å². The molecule has 1 unspecified atom stereocenters. The molecule has 0 saturated carbocycles. The third-order valence-corrected chi connectivity index (χ3v) is 5.00. The highest BCUT2D eigenvalue weighted by Crippen LogP contribution is 2.21. The maximum atomic E-state index is 12.0. The minimum Gasteiger partial charge on any atom is -0.374 e. The van der Waals surface area contributed by atoms with Crippen LogP contribution in [0.4, 0.5) is 0 Å². The van der Waals surface area contributed by atoms with Gasteiger partial charge in [0.25, 0.3) is 0 Å². The van der Waals surface area contributed by atoms with E-state index in [-0.39, 0.29) is 12.0 Å². The van der Waals surface area contributed by atoms with Crippen LogP contribution in [0.3, 0.4) is 0 Å². The summed E-state index contributed by atoms with van der Waals surface area (Å²) >= 11 is 1.59. The van der Waals surface area contributed by atoms with Crippen molar-refractivity contribution in [1.29, 1.82) is 0 Å². The summed E-state index contributed by atoms with van der Waals surface area (Å²) in [5.74, 6) is 1.18. The van der Waals surface area contributed by atoms with Crippen LogP contribution in [0.1, 0.15) is 19.4 Å². The number of hydrogen-bond donors (Lipinski definition) is 1. The van der Waals surface area contributed by atoms with Gasteiger partial charge in [-0.25, -0.2) is 0 Å². The summed E-state index contributed by atoms with van der Waals surface area (Å²) in [5.41, 5.74) is 1.21. The Morgan fingerprint density at radius 1 is 1.43 bits per heavy atom. The number of nitrogens with one attached hydrogen (secondary N) is 1. The van der Waals surface area contributed by atoms with E-state index in [4.69, 9.17) is 4.74 Å². The van der Waals surface area contributed by atoms with E-state index >= 15 is 0 Å². The average Bonchev–Trinajstić information content (AvgIpc) is 2.52. The fraction of sp³-hybridized carbons (Fsp3) is 0.611. The fourth-order valence-electron chi connectivity index (χ4n) is 2.73. The number of benzene rings is 1. The van der Waals surface area contributed by atoms with E-state index in [9.17, 15) is 4.79 Å². The topological polar surface area (TPSA) is 41.6 Å². The second-order valence-corrected chi connectivity index (χ2v) is 7.52. The van der Waals surface area contributed by atoms with Crippen molar-refractivity contribution in [3.63, 3.8) is 0 Å². The Bertz CT molecular complexity index is 508. The van der Waals surface area contributed by atoms with Crippen LogP contribution < -0.4 is 5.32 Å². The lowest BCUT2D eigenvalue weighted by atomic mass is 10.2. The van der Waals surface area contributed by atoms with Crippen LogP contribution in [0.25, 0.3) is 0 Å². The van der Waals surface area contributed by atoms with Gasteiger partial charge >= 0.3 is 0 Å². The summed E-state index contributed by atoms with van der Waals surface area (Å²) in [6, 6.07) is 8.15. The van der Waals surface area contributed by atoms with Crippen molar-refractivity contribution in [2.45, 2.75) is 31.8 Å². The largest absolute Gasteiger partial charge is 0.374 e. The van der Waals surface area contributed by atoms with Gasteiger partial charge < -0.3 is 10.1 Å². The predicted molar refractivity (Wildman–Crippen MR) is 95.9 cm³/mol. The van der Waals surface area contributed by atoms with Crippen molar-refractivity contribution >= 4 is 17.7 Å². The number of hydrogen-bond acceptors (Lipinski definition) is 4. The van der Waals surface area contributed by atoms with Gasteiger partial charge in [0.15, 0.2) is 0 Å².